The van der Waals surface area contributed by atoms with Gasteiger partial charge in [0.15, 0.2) is 0 Å². The molecular weight excluding hydrogens is 346 g/mol. The molecule has 0 N–H and O–H groups in total. The number of anilines is 1. The molecule has 1 heterocycles. The highest BCUT2D eigenvalue weighted by molar-refractivity contribution is 6.30. The summed E-state index contributed by atoms with van der Waals surface area (Å²) in [5.41, 5.74) is 3.81. The number of nitrogens with zero attached hydrogens (tertiary/aromatic N) is 1. The molecule has 3 aromatic rings. The Hall–Kier alpha value is -2.78. The number of hydrogen-bond donors (Lipinski definition) is 0. The summed E-state index contributed by atoms with van der Waals surface area (Å²) in [6, 6.07) is 23.3. The fourth-order valence-electron chi connectivity index (χ4n) is 3.55. The first-order chi connectivity index (χ1) is 12.7. The third kappa shape index (κ3) is 2.85. The Balaban J connectivity index is 1.80. The number of benzene rings is 3. The average Bonchev–Trinajstić information content (AvgIpc) is 2.94. The molecule has 1 unspecified atom stereocenters. The minimum Gasteiger partial charge on any atom is -0.496 e. The Labute approximate surface area is 157 Å². The normalized spacial score (nSPS) is 15.8. The third-order valence-corrected chi connectivity index (χ3v) is 4.97. The van der Waals surface area contributed by atoms with Crippen LogP contribution in [0.15, 0.2) is 72.8 Å². The van der Waals surface area contributed by atoms with E-state index in [0.717, 1.165) is 22.4 Å². The second-order valence-corrected chi connectivity index (χ2v) is 6.72. The van der Waals surface area contributed by atoms with Crippen molar-refractivity contribution in [1.82, 2.24) is 0 Å². The van der Waals surface area contributed by atoms with Gasteiger partial charge in [-0.25, -0.2) is 0 Å². The van der Waals surface area contributed by atoms with Gasteiger partial charge in [0, 0.05) is 16.3 Å². The quantitative estimate of drug-likeness (QED) is 0.650. The predicted octanol–water partition coefficient (Wildman–Crippen LogP) is 5.03. The Bertz CT molecular complexity index is 955. The van der Waals surface area contributed by atoms with E-state index >= 15 is 0 Å². The van der Waals surface area contributed by atoms with E-state index < -0.39 is 5.92 Å². The van der Waals surface area contributed by atoms with Gasteiger partial charge in [-0.15, -0.1) is 0 Å². The highest BCUT2D eigenvalue weighted by atomic mass is 35.5. The summed E-state index contributed by atoms with van der Waals surface area (Å²) in [7, 11) is 1.61. The fourth-order valence-corrected chi connectivity index (χ4v) is 3.73. The number of fused-ring (bicyclic) bond motifs is 1. The molecule has 0 aliphatic carbocycles. The van der Waals surface area contributed by atoms with Crippen LogP contribution >= 0.6 is 11.6 Å². The van der Waals surface area contributed by atoms with Crippen LogP contribution in [0.25, 0.3) is 0 Å². The van der Waals surface area contributed by atoms with E-state index in [9.17, 15) is 4.79 Å². The molecule has 1 aliphatic heterocycles. The van der Waals surface area contributed by atoms with Gasteiger partial charge in [-0.2, -0.15) is 0 Å². The Morgan fingerprint density at radius 1 is 0.962 bits per heavy atom. The van der Waals surface area contributed by atoms with E-state index in [1.165, 1.54) is 0 Å². The Morgan fingerprint density at radius 2 is 1.69 bits per heavy atom. The molecule has 0 bridgehead atoms. The lowest BCUT2D eigenvalue weighted by Gasteiger charge is -2.19. The molecule has 130 valence electrons. The van der Waals surface area contributed by atoms with Gasteiger partial charge in [0.1, 0.15) is 5.75 Å². The van der Waals surface area contributed by atoms with Crippen molar-refractivity contribution in [3.63, 3.8) is 0 Å². The minimum atomic E-state index is -0.413. The van der Waals surface area contributed by atoms with Crippen LogP contribution in [-0.2, 0) is 11.3 Å². The molecule has 4 rings (SSSR count). The fraction of sp³-hybridized carbons (Fsp3) is 0.136. The molecule has 0 saturated carbocycles. The molecule has 1 amide bonds. The highest BCUT2D eigenvalue weighted by Gasteiger charge is 2.39. The van der Waals surface area contributed by atoms with Crippen LogP contribution < -0.4 is 9.64 Å². The SMILES string of the molecule is COc1ccc(Cl)cc1C1C(=O)N(Cc2ccccc2)c2ccccc21. The van der Waals surface area contributed by atoms with Crippen molar-refractivity contribution in [3.8, 4) is 5.75 Å². The molecule has 1 atom stereocenters. The van der Waals surface area contributed by atoms with E-state index in [1.807, 2.05) is 71.6 Å². The van der Waals surface area contributed by atoms with Crippen LogP contribution in [0.1, 0.15) is 22.6 Å². The first kappa shape index (κ1) is 16.7. The van der Waals surface area contributed by atoms with Gasteiger partial charge in [0.05, 0.1) is 19.6 Å². The summed E-state index contributed by atoms with van der Waals surface area (Å²) >= 11 is 6.21. The summed E-state index contributed by atoms with van der Waals surface area (Å²) in [5, 5.41) is 0.590. The molecule has 0 saturated heterocycles. The predicted molar refractivity (Wildman–Crippen MR) is 104 cm³/mol. The smallest absolute Gasteiger partial charge is 0.239 e. The molecule has 0 aromatic heterocycles. The van der Waals surface area contributed by atoms with Gasteiger partial charge in [-0.1, -0.05) is 60.1 Å². The van der Waals surface area contributed by atoms with Gasteiger partial charge in [-0.05, 0) is 35.4 Å². The first-order valence-corrected chi connectivity index (χ1v) is 8.84. The summed E-state index contributed by atoms with van der Waals surface area (Å²) in [4.78, 5) is 15.2. The molecular formula is C22H18ClNO2. The maximum atomic E-state index is 13.4. The number of carbonyl (C=O) groups excluding carboxylic acids is 1. The van der Waals surface area contributed by atoms with Gasteiger partial charge >= 0.3 is 0 Å². The van der Waals surface area contributed by atoms with Crippen LogP contribution in [0.2, 0.25) is 5.02 Å². The summed E-state index contributed by atoms with van der Waals surface area (Å²) in [6.07, 6.45) is 0. The molecule has 3 aromatic carbocycles. The van der Waals surface area contributed by atoms with Crippen molar-refractivity contribution in [2.24, 2.45) is 0 Å². The zero-order valence-corrected chi connectivity index (χ0v) is 15.1. The van der Waals surface area contributed by atoms with Gasteiger partial charge in [0.2, 0.25) is 5.91 Å². The number of ether oxygens (including phenoxy) is 1. The average molecular weight is 364 g/mol. The molecule has 0 fully saturated rings. The molecule has 3 nitrogen and oxygen atoms in total. The number of amides is 1. The van der Waals surface area contributed by atoms with E-state index in [0.29, 0.717) is 17.3 Å². The van der Waals surface area contributed by atoms with Crippen LogP contribution in [0.5, 0.6) is 5.75 Å². The van der Waals surface area contributed by atoms with Crippen LogP contribution in [0.3, 0.4) is 0 Å². The monoisotopic (exact) mass is 363 g/mol. The van der Waals surface area contributed by atoms with Crippen molar-refractivity contribution in [2.75, 3.05) is 12.0 Å². The standard InChI is InChI=1S/C22H18ClNO2/c1-26-20-12-11-16(23)13-18(20)21-17-9-5-6-10-19(17)24(22(21)25)14-15-7-3-2-4-8-15/h2-13,21H,14H2,1H3. The molecule has 4 heteroatoms. The second-order valence-electron chi connectivity index (χ2n) is 6.29. The number of carbonyl (C=O) groups is 1. The Kier molecular flexibility index (Phi) is 4.39. The van der Waals surface area contributed by atoms with E-state index in [1.54, 1.807) is 13.2 Å². The number of para-hydroxylation sites is 1. The van der Waals surface area contributed by atoms with E-state index in [4.69, 9.17) is 16.3 Å². The van der Waals surface area contributed by atoms with Crippen LogP contribution in [0, 0.1) is 0 Å². The van der Waals surface area contributed by atoms with Crippen molar-refractivity contribution in [3.05, 3.63) is 94.5 Å². The number of rotatable bonds is 4. The van der Waals surface area contributed by atoms with Crippen molar-refractivity contribution >= 4 is 23.2 Å². The maximum absolute atomic E-state index is 13.4. The van der Waals surface area contributed by atoms with Gasteiger partial charge < -0.3 is 9.64 Å². The third-order valence-electron chi connectivity index (χ3n) is 4.74. The summed E-state index contributed by atoms with van der Waals surface area (Å²) in [6.45, 7) is 0.538. The van der Waals surface area contributed by atoms with E-state index in [2.05, 4.69) is 0 Å². The summed E-state index contributed by atoms with van der Waals surface area (Å²) in [5.74, 6) is 0.295. The van der Waals surface area contributed by atoms with Gasteiger partial charge in [-0.3, -0.25) is 4.79 Å². The molecule has 26 heavy (non-hydrogen) atoms. The molecule has 0 radical (unpaired) electrons. The lowest BCUT2D eigenvalue weighted by Crippen LogP contribution is -2.28. The lowest BCUT2D eigenvalue weighted by atomic mass is 9.92. The van der Waals surface area contributed by atoms with Crippen molar-refractivity contribution in [1.29, 1.82) is 0 Å². The highest BCUT2D eigenvalue weighted by Crippen LogP contribution is 2.45. The van der Waals surface area contributed by atoms with Crippen LogP contribution in [0.4, 0.5) is 5.69 Å². The summed E-state index contributed by atoms with van der Waals surface area (Å²) < 4.78 is 5.50. The zero-order chi connectivity index (χ0) is 18.1. The van der Waals surface area contributed by atoms with E-state index in [-0.39, 0.29) is 5.91 Å². The first-order valence-electron chi connectivity index (χ1n) is 8.46. The topological polar surface area (TPSA) is 29.5 Å². The molecule has 0 spiro atoms. The van der Waals surface area contributed by atoms with Crippen molar-refractivity contribution < 1.29 is 9.53 Å². The Morgan fingerprint density at radius 3 is 2.46 bits per heavy atom. The lowest BCUT2D eigenvalue weighted by molar-refractivity contribution is -0.118. The number of hydrogen-bond acceptors (Lipinski definition) is 2. The van der Waals surface area contributed by atoms with Gasteiger partial charge in [0.25, 0.3) is 0 Å². The number of halogens is 1. The van der Waals surface area contributed by atoms with Crippen LogP contribution in [-0.4, -0.2) is 13.0 Å². The second kappa shape index (κ2) is 6.85. The molecule has 1 aliphatic rings. The minimum absolute atomic E-state index is 0.0376. The largest absolute Gasteiger partial charge is 0.496 e. The zero-order valence-electron chi connectivity index (χ0n) is 14.4. The number of methoxy groups -OCH3 is 1. The maximum Gasteiger partial charge on any atom is 0.239 e. The van der Waals surface area contributed by atoms with Crippen molar-refractivity contribution in [2.45, 2.75) is 12.5 Å².